The van der Waals surface area contributed by atoms with Gasteiger partial charge in [-0.25, -0.2) is 13.1 Å². The molecule has 31 heavy (non-hydrogen) atoms. The number of hydrogen-bond donors (Lipinski definition) is 2. The van der Waals surface area contributed by atoms with Crippen molar-refractivity contribution < 1.29 is 13.2 Å². The third-order valence-electron chi connectivity index (χ3n) is 4.49. The van der Waals surface area contributed by atoms with Crippen molar-refractivity contribution in [3.63, 3.8) is 0 Å². The first-order valence-electron chi connectivity index (χ1n) is 9.86. The Morgan fingerprint density at radius 3 is 2.32 bits per heavy atom. The second kappa shape index (κ2) is 8.12. The van der Waals surface area contributed by atoms with E-state index < -0.39 is 10.0 Å². The highest BCUT2D eigenvalue weighted by molar-refractivity contribution is 7.94. The minimum Gasteiger partial charge on any atom is -0.307 e. The average molecular weight is 461 g/mol. The summed E-state index contributed by atoms with van der Waals surface area (Å²) in [5, 5.41) is 9.33. The van der Waals surface area contributed by atoms with Crippen LogP contribution in [0.15, 0.2) is 52.1 Å². The van der Waals surface area contributed by atoms with Crippen molar-refractivity contribution in [2.45, 2.75) is 56.7 Å². The number of hydrogen-bond acceptors (Lipinski definition) is 5. The van der Waals surface area contributed by atoms with Gasteiger partial charge in [0.25, 0.3) is 15.9 Å². The van der Waals surface area contributed by atoms with Gasteiger partial charge < -0.3 is 5.32 Å². The van der Waals surface area contributed by atoms with E-state index in [4.69, 9.17) is 5.10 Å². The number of amides is 1. The molecule has 2 N–H and O–H groups in total. The van der Waals surface area contributed by atoms with Gasteiger partial charge in [0.15, 0.2) is 0 Å². The third-order valence-corrected chi connectivity index (χ3v) is 7.27. The van der Waals surface area contributed by atoms with Crippen molar-refractivity contribution in [3.05, 3.63) is 59.1 Å². The number of nitrogens with one attached hydrogen (secondary N) is 2. The van der Waals surface area contributed by atoms with E-state index in [0.29, 0.717) is 17.1 Å². The molecule has 0 aliphatic carbocycles. The fraction of sp³-hybridized carbons (Fsp3) is 0.364. The first-order valence-corrected chi connectivity index (χ1v) is 12.2. The molecule has 1 aromatic carbocycles. The summed E-state index contributed by atoms with van der Waals surface area (Å²) in [7, 11) is -3.69. The molecule has 0 saturated carbocycles. The van der Waals surface area contributed by atoms with E-state index in [9.17, 15) is 13.2 Å². The lowest BCUT2D eigenvalue weighted by Gasteiger charge is -2.23. The minimum atomic E-state index is -3.69. The van der Waals surface area contributed by atoms with Gasteiger partial charge in [-0.3, -0.25) is 9.52 Å². The zero-order valence-electron chi connectivity index (χ0n) is 18.6. The monoisotopic (exact) mass is 460 g/mol. The lowest BCUT2D eigenvalue weighted by atomic mass is 9.92. The summed E-state index contributed by atoms with van der Waals surface area (Å²) in [4.78, 5) is 13.0. The molecule has 0 bridgehead atoms. The van der Waals surface area contributed by atoms with Gasteiger partial charge in [-0.15, -0.1) is 11.3 Å². The Morgan fingerprint density at radius 1 is 1.03 bits per heavy atom. The summed E-state index contributed by atoms with van der Waals surface area (Å²) >= 11 is 1.13. The summed E-state index contributed by atoms with van der Waals surface area (Å²) in [6.45, 7) is 12.2. The molecule has 2 heterocycles. The van der Waals surface area contributed by atoms with Crippen LogP contribution < -0.4 is 10.0 Å². The van der Waals surface area contributed by atoms with Crippen molar-refractivity contribution in [3.8, 4) is 0 Å². The third kappa shape index (κ3) is 5.34. The van der Waals surface area contributed by atoms with Crippen LogP contribution in [0.5, 0.6) is 0 Å². The molecule has 3 aromatic rings. The molecule has 0 saturated heterocycles. The Morgan fingerprint density at radius 2 is 1.74 bits per heavy atom. The van der Waals surface area contributed by atoms with Crippen LogP contribution in [0.1, 0.15) is 57.6 Å². The molecule has 0 fully saturated rings. The standard InChI is InChI=1S/C22H28N4O3S2/c1-21(2,3)17-14-18(26(24-17)22(4,5)6)23-20(27)15-9-7-10-16(13-15)25-31(28,29)19-11-8-12-30-19/h7-14,25H,1-6H3,(H,23,27). The average Bonchev–Trinajstić information content (AvgIpc) is 3.31. The van der Waals surface area contributed by atoms with Crippen LogP contribution in [-0.2, 0) is 21.0 Å². The van der Waals surface area contributed by atoms with Crippen LogP contribution in [0, 0.1) is 0 Å². The molecule has 0 aliphatic rings. The number of anilines is 2. The zero-order chi connectivity index (χ0) is 23.0. The summed E-state index contributed by atoms with van der Waals surface area (Å²) in [6, 6.07) is 11.5. The predicted molar refractivity (Wildman–Crippen MR) is 125 cm³/mol. The highest BCUT2D eigenvalue weighted by atomic mass is 32.2. The summed E-state index contributed by atoms with van der Waals surface area (Å²) in [6.07, 6.45) is 0. The topological polar surface area (TPSA) is 93.1 Å². The summed E-state index contributed by atoms with van der Waals surface area (Å²) in [5.41, 5.74) is 1.03. The lowest BCUT2D eigenvalue weighted by Crippen LogP contribution is -2.27. The molecule has 0 atom stereocenters. The molecule has 9 heteroatoms. The van der Waals surface area contributed by atoms with Crippen molar-refractivity contribution in [1.82, 2.24) is 9.78 Å². The Labute approximate surface area is 187 Å². The Balaban J connectivity index is 1.87. The Hall–Kier alpha value is -2.65. The largest absolute Gasteiger partial charge is 0.307 e. The van der Waals surface area contributed by atoms with Gasteiger partial charge in [0.1, 0.15) is 10.0 Å². The fourth-order valence-electron chi connectivity index (χ4n) is 2.88. The molecule has 3 rings (SSSR count). The van der Waals surface area contributed by atoms with Crippen molar-refractivity contribution in [2.75, 3.05) is 10.0 Å². The van der Waals surface area contributed by atoms with E-state index in [1.807, 2.05) is 26.8 Å². The number of thiophene rings is 1. The van der Waals surface area contributed by atoms with E-state index in [0.717, 1.165) is 17.0 Å². The van der Waals surface area contributed by atoms with Crippen LogP contribution in [0.4, 0.5) is 11.5 Å². The van der Waals surface area contributed by atoms with E-state index in [2.05, 4.69) is 30.8 Å². The van der Waals surface area contributed by atoms with Crippen molar-refractivity contribution in [2.24, 2.45) is 0 Å². The van der Waals surface area contributed by atoms with Gasteiger partial charge in [0.05, 0.1) is 11.2 Å². The quantitative estimate of drug-likeness (QED) is 0.557. The molecular formula is C22H28N4O3S2. The highest BCUT2D eigenvalue weighted by Crippen LogP contribution is 2.29. The zero-order valence-corrected chi connectivity index (χ0v) is 20.2. The number of benzene rings is 1. The van der Waals surface area contributed by atoms with Gasteiger partial charge in [0, 0.05) is 22.7 Å². The Bertz CT molecular complexity index is 1180. The maximum atomic E-state index is 13.0. The normalized spacial score (nSPS) is 12.6. The second-order valence-corrected chi connectivity index (χ2v) is 12.2. The lowest BCUT2D eigenvalue weighted by molar-refractivity contribution is 0.102. The van der Waals surface area contributed by atoms with Gasteiger partial charge in [-0.05, 0) is 50.4 Å². The van der Waals surface area contributed by atoms with E-state index in [1.54, 1.807) is 34.3 Å². The first kappa shape index (κ1) is 23.0. The van der Waals surface area contributed by atoms with Crippen LogP contribution in [0.3, 0.4) is 0 Å². The molecule has 0 aliphatic heterocycles. The van der Waals surface area contributed by atoms with E-state index in [-0.39, 0.29) is 21.1 Å². The molecular weight excluding hydrogens is 432 g/mol. The summed E-state index contributed by atoms with van der Waals surface area (Å²) < 4.78 is 29.5. The number of rotatable bonds is 5. The van der Waals surface area contributed by atoms with Gasteiger partial charge in [0.2, 0.25) is 0 Å². The molecule has 166 valence electrons. The van der Waals surface area contributed by atoms with E-state index in [1.165, 1.54) is 12.1 Å². The number of carbonyl (C=O) groups is 1. The van der Waals surface area contributed by atoms with Gasteiger partial charge in [-0.2, -0.15) is 5.10 Å². The number of sulfonamides is 1. The molecule has 0 radical (unpaired) electrons. The van der Waals surface area contributed by atoms with E-state index >= 15 is 0 Å². The number of carbonyl (C=O) groups excluding carboxylic acids is 1. The Kier molecular flexibility index (Phi) is 6.03. The van der Waals surface area contributed by atoms with Crippen LogP contribution in [-0.4, -0.2) is 24.1 Å². The SMILES string of the molecule is CC(C)(C)c1cc(NC(=O)c2cccc(NS(=O)(=O)c3cccs3)c2)n(C(C)(C)C)n1. The molecule has 2 aromatic heterocycles. The highest BCUT2D eigenvalue weighted by Gasteiger charge is 2.26. The fourth-order valence-corrected chi connectivity index (χ4v) is 4.92. The predicted octanol–water partition coefficient (Wildman–Crippen LogP) is 5.05. The first-order chi connectivity index (χ1) is 14.3. The van der Waals surface area contributed by atoms with Crippen LogP contribution in [0.25, 0.3) is 0 Å². The van der Waals surface area contributed by atoms with Crippen molar-refractivity contribution in [1.29, 1.82) is 0 Å². The van der Waals surface area contributed by atoms with Gasteiger partial charge >= 0.3 is 0 Å². The minimum absolute atomic E-state index is 0.171. The smallest absolute Gasteiger partial charge is 0.271 e. The van der Waals surface area contributed by atoms with Crippen LogP contribution in [0.2, 0.25) is 0 Å². The second-order valence-electron chi connectivity index (χ2n) is 9.32. The van der Waals surface area contributed by atoms with Crippen LogP contribution >= 0.6 is 11.3 Å². The maximum absolute atomic E-state index is 13.0. The molecule has 7 nitrogen and oxygen atoms in total. The molecule has 0 spiro atoms. The van der Waals surface area contributed by atoms with Crippen molar-refractivity contribution >= 4 is 38.8 Å². The summed E-state index contributed by atoms with van der Waals surface area (Å²) in [5.74, 6) is 0.245. The number of nitrogens with zero attached hydrogens (tertiary/aromatic N) is 2. The number of aromatic nitrogens is 2. The molecule has 0 unspecified atom stereocenters. The maximum Gasteiger partial charge on any atom is 0.271 e. The van der Waals surface area contributed by atoms with Gasteiger partial charge in [-0.1, -0.05) is 32.9 Å². The molecule has 1 amide bonds.